The Hall–Kier alpha value is -1.49. The number of rotatable bonds is 2. The first-order valence-corrected chi connectivity index (χ1v) is 8.43. The van der Waals surface area contributed by atoms with Gasteiger partial charge in [0.25, 0.3) is 0 Å². The summed E-state index contributed by atoms with van der Waals surface area (Å²) in [5.74, 6) is 0. The van der Waals surface area contributed by atoms with Gasteiger partial charge < -0.3 is 5.73 Å². The van der Waals surface area contributed by atoms with E-state index in [9.17, 15) is 0 Å². The van der Waals surface area contributed by atoms with Crippen LogP contribution in [0.5, 0.6) is 0 Å². The molecule has 0 unspecified atom stereocenters. The molecule has 4 heteroatoms. The number of hydrogen-bond donors (Lipinski definition) is 1. The lowest BCUT2D eigenvalue weighted by atomic mass is 10.1. The molecule has 2 nitrogen and oxygen atoms in total. The predicted molar refractivity (Wildman–Crippen MR) is 91.4 cm³/mol. The molecule has 0 saturated carbocycles. The summed E-state index contributed by atoms with van der Waals surface area (Å²) >= 11 is 5.33. The molecule has 0 amide bonds. The van der Waals surface area contributed by atoms with Crippen LogP contribution in [-0.4, -0.2) is 4.98 Å². The summed E-state index contributed by atoms with van der Waals surface area (Å²) in [6.45, 7) is 0.565. The molecule has 0 aliphatic heterocycles. The van der Waals surface area contributed by atoms with Crippen molar-refractivity contribution in [3.8, 4) is 21.8 Å². The highest BCUT2D eigenvalue weighted by Gasteiger charge is 2.23. The predicted octanol–water partition coefficient (Wildman–Crippen LogP) is 4.60. The summed E-state index contributed by atoms with van der Waals surface area (Å²) in [6, 6.07) is 14.8. The summed E-state index contributed by atoms with van der Waals surface area (Å²) in [5, 5.41) is 1.09. The van der Waals surface area contributed by atoms with Gasteiger partial charge in [0, 0.05) is 33.4 Å². The Bertz CT molecular complexity index is 839. The number of aromatic nitrogens is 1. The average molecular weight is 357 g/mol. The number of benzene rings is 2. The fourth-order valence-corrected chi connectivity index (χ4v) is 4.25. The van der Waals surface area contributed by atoms with Crippen molar-refractivity contribution in [2.75, 3.05) is 0 Å². The molecule has 1 aromatic heterocycles. The molecule has 0 bridgehead atoms. The van der Waals surface area contributed by atoms with Gasteiger partial charge in [-0.2, -0.15) is 0 Å². The van der Waals surface area contributed by atoms with Crippen LogP contribution >= 0.6 is 27.3 Å². The van der Waals surface area contributed by atoms with E-state index in [1.165, 1.54) is 16.0 Å². The van der Waals surface area contributed by atoms with Crippen LogP contribution in [-0.2, 0) is 13.0 Å². The Morgan fingerprint density at radius 2 is 2.10 bits per heavy atom. The second-order valence-corrected chi connectivity index (χ2v) is 7.17. The minimum Gasteiger partial charge on any atom is -0.326 e. The number of fused-ring (bicyclic) bond motifs is 3. The van der Waals surface area contributed by atoms with Crippen molar-refractivity contribution in [1.29, 1.82) is 0 Å². The lowest BCUT2D eigenvalue weighted by Crippen LogP contribution is -1.95. The van der Waals surface area contributed by atoms with Crippen LogP contribution in [0, 0.1) is 0 Å². The first-order chi connectivity index (χ1) is 10.2. The van der Waals surface area contributed by atoms with E-state index < -0.39 is 0 Å². The van der Waals surface area contributed by atoms with Crippen LogP contribution in [0.3, 0.4) is 0 Å². The van der Waals surface area contributed by atoms with Crippen LogP contribution in [0.2, 0.25) is 0 Å². The zero-order chi connectivity index (χ0) is 14.4. The quantitative estimate of drug-likeness (QED) is 0.569. The lowest BCUT2D eigenvalue weighted by Gasteiger charge is -2.02. The van der Waals surface area contributed by atoms with Gasteiger partial charge in [0.1, 0.15) is 5.01 Å². The minimum atomic E-state index is 0.565. The van der Waals surface area contributed by atoms with Crippen LogP contribution in [0.15, 0.2) is 46.9 Å². The molecule has 1 aliphatic rings. The number of hydrogen-bond acceptors (Lipinski definition) is 3. The molecule has 1 aliphatic carbocycles. The SMILES string of the molecule is NCc1cccc(-c2nc3c(s2)Cc2cc(Br)ccc2-3)c1. The van der Waals surface area contributed by atoms with Gasteiger partial charge in [0.2, 0.25) is 0 Å². The molecule has 0 radical (unpaired) electrons. The van der Waals surface area contributed by atoms with Gasteiger partial charge >= 0.3 is 0 Å². The fraction of sp³-hybridized carbons (Fsp3) is 0.118. The number of thiazole rings is 1. The highest BCUT2D eigenvalue weighted by Crippen LogP contribution is 2.42. The zero-order valence-corrected chi connectivity index (χ0v) is 13.7. The summed E-state index contributed by atoms with van der Waals surface area (Å²) < 4.78 is 1.13. The monoisotopic (exact) mass is 356 g/mol. The normalized spacial score (nSPS) is 12.3. The fourth-order valence-electron chi connectivity index (χ4n) is 2.75. The molecule has 0 atom stereocenters. The van der Waals surface area contributed by atoms with Crippen molar-refractivity contribution in [2.45, 2.75) is 13.0 Å². The molecule has 4 rings (SSSR count). The second-order valence-electron chi connectivity index (χ2n) is 5.17. The van der Waals surface area contributed by atoms with Crippen molar-refractivity contribution < 1.29 is 0 Å². The third-order valence-corrected chi connectivity index (χ3v) is 5.38. The second kappa shape index (κ2) is 5.05. The third kappa shape index (κ3) is 2.24. The molecule has 1 heterocycles. The van der Waals surface area contributed by atoms with E-state index in [1.807, 2.05) is 0 Å². The summed E-state index contributed by atoms with van der Waals surface area (Å²) in [7, 11) is 0. The molecule has 2 aromatic carbocycles. The van der Waals surface area contributed by atoms with Gasteiger partial charge in [-0.25, -0.2) is 4.98 Å². The molecular formula is C17H13BrN2S. The van der Waals surface area contributed by atoms with E-state index in [1.54, 1.807) is 11.3 Å². The topological polar surface area (TPSA) is 38.9 Å². The molecule has 104 valence electrons. The Labute approximate surface area is 135 Å². The molecule has 2 N–H and O–H groups in total. The van der Waals surface area contributed by atoms with Gasteiger partial charge in [-0.1, -0.05) is 40.2 Å². The maximum Gasteiger partial charge on any atom is 0.124 e. The van der Waals surface area contributed by atoms with Gasteiger partial charge in [-0.15, -0.1) is 11.3 Å². The highest BCUT2D eigenvalue weighted by molar-refractivity contribution is 9.10. The Balaban J connectivity index is 1.79. The van der Waals surface area contributed by atoms with E-state index in [4.69, 9.17) is 10.7 Å². The molecule has 0 spiro atoms. The van der Waals surface area contributed by atoms with Gasteiger partial charge in [0.05, 0.1) is 5.69 Å². The molecule has 21 heavy (non-hydrogen) atoms. The van der Waals surface area contributed by atoms with Crippen molar-refractivity contribution in [2.24, 2.45) is 5.73 Å². The van der Waals surface area contributed by atoms with E-state index in [2.05, 4.69) is 58.4 Å². The largest absolute Gasteiger partial charge is 0.326 e. The molecule has 3 aromatic rings. The number of nitrogens with two attached hydrogens (primary N) is 1. The van der Waals surface area contributed by atoms with Crippen molar-refractivity contribution in [3.63, 3.8) is 0 Å². The van der Waals surface area contributed by atoms with Crippen LogP contribution in [0.1, 0.15) is 16.0 Å². The summed E-state index contributed by atoms with van der Waals surface area (Å²) in [4.78, 5) is 6.23. The maximum atomic E-state index is 5.73. The molecule has 0 saturated heterocycles. The Morgan fingerprint density at radius 1 is 1.19 bits per heavy atom. The first kappa shape index (κ1) is 13.2. The highest BCUT2D eigenvalue weighted by atomic mass is 79.9. The molecule has 0 fully saturated rings. The minimum absolute atomic E-state index is 0.565. The van der Waals surface area contributed by atoms with E-state index in [-0.39, 0.29) is 0 Å². The maximum absolute atomic E-state index is 5.73. The van der Waals surface area contributed by atoms with Crippen molar-refractivity contribution in [1.82, 2.24) is 4.98 Å². The van der Waals surface area contributed by atoms with Gasteiger partial charge in [-0.3, -0.25) is 0 Å². The van der Waals surface area contributed by atoms with Crippen molar-refractivity contribution in [3.05, 3.63) is 62.9 Å². The Kier molecular flexibility index (Phi) is 3.17. The molecular weight excluding hydrogens is 344 g/mol. The smallest absolute Gasteiger partial charge is 0.124 e. The third-order valence-electron chi connectivity index (χ3n) is 3.78. The van der Waals surface area contributed by atoms with Crippen LogP contribution in [0.4, 0.5) is 0 Å². The standard InChI is InChI=1S/C17H13BrN2S/c18-13-4-5-14-12(7-13)8-15-16(14)20-17(21-15)11-3-1-2-10(6-11)9-19/h1-7H,8-9,19H2. The van der Waals surface area contributed by atoms with Gasteiger partial charge in [0.15, 0.2) is 0 Å². The van der Waals surface area contributed by atoms with Crippen LogP contribution < -0.4 is 5.73 Å². The van der Waals surface area contributed by atoms with Crippen LogP contribution in [0.25, 0.3) is 21.8 Å². The summed E-state index contributed by atoms with van der Waals surface area (Å²) in [6.07, 6.45) is 0.984. The first-order valence-electron chi connectivity index (χ1n) is 6.82. The van der Waals surface area contributed by atoms with Crippen molar-refractivity contribution >= 4 is 27.3 Å². The van der Waals surface area contributed by atoms with E-state index in [0.717, 1.165) is 32.7 Å². The van der Waals surface area contributed by atoms with Gasteiger partial charge in [-0.05, 0) is 29.3 Å². The number of nitrogens with zero attached hydrogens (tertiary/aromatic N) is 1. The lowest BCUT2D eigenvalue weighted by molar-refractivity contribution is 1.07. The number of halogens is 1. The zero-order valence-electron chi connectivity index (χ0n) is 11.3. The van der Waals surface area contributed by atoms with E-state index in [0.29, 0.717) is 6.54 Å². The Morgan fingerprint density at radius 3 is 2.95 bits per heavy atom. The summed E-state index contributed by atoms with van der Waals surface area (Å²) in [5.41, 5.74) is 11.8. The van der Waals surface area contributed by atoms with E-state index >= 15 is 0 Å². The average Bonchev–Trinajstić information content (AvgIpc) is 3.04.